The predicted molar refractivity (Wildman–Crippen MR) is 64.8 cm³/mol. The largest absolute Gasteiger partial charge is 0.398 e. The van der Waals surface area contributed by atoms with Crippen LogP contribution in [0.3, 0.4) is 0 Å². The van der Waals surface area contributed by atoms with Crippen molar-refractivity contribution in [3.05, 3.63) is 65.2 Å². The van der Waals surface area contributed by atoms with Crippen molar-refractivity contribution >= 4 is 5.69 Å². The van der Waals surface area contributed by atoms with Gasteiger partial charge in [-0.1, -0.05) is 48.5 Å². The van der Waals surface area contributed by atoms with E-state index < -0.39 is 0 Å². The standard InChI is InChI=1S/C14H15N/c1-11-6-5-9-13(14(11)15)10-12-7-3-2-4-8-12/h2-9H,10,15H2,1H3. The molecule has 0 spiro atoms. The third-order valence-corrected chi connectivity index (χ3v) is 2.65. The number of para-hydroxylation sites is 1. The highest BCUT2D eigenvalue weighted by Crippen LogP contribution is 2.19. The fraction of sp³-hybridized carbons (Fsp3) is 0.143. The zero-order valence-corrected chi connectivity index (χ0v) is 8.90. The van der Waals surface area contributed by atoms with Crippen molar-refractivity contribution in [3.8, 4) is 0 Å². The number of nitrogen functional groups attached to an aromatic ring is 1. The average molecular weight is 197 g/mol. The molecule has 2 rings (SSSR count). The molecule has 2 N–H and O–H groups in total. The van der Waals surface area contributed by atoms with Crippen LogP contribution in [0.4, 0.5) is 5.69 Å². The average Bonchev–Trinajstić information content (AvgIpc) is 2.26. The Labute approximate surface area is 90.6 Å². The van der Waals surface area contributed by atoms with Crippen LogP contribution in [-0.4, -0.2) is 0 Å². The highest BCUT2D eigenvalue weighted by Gasteiger charge is 2.01. The molecule has 0 bridgehead atoms. The highest BCUT2D eigenvalue weighted by atomic mass is 14.6. The Kier molecular flexibility index (Phi) is 2.72. The number of benzene rings is 2. The molecule has 0 atom stereocenters. The van der Waals surface area contributed by atoms with E-state index in [1.807, 2.05) is 19.1 Å². The van der Waals surface area contributed by atoms with Gasteiger partial charge >= 0.3 is 0 Å². The summed E-state index contributed by atoms with van der Waals surface area (Å²) in [5.41, 5.74) is 10.6. The van der Waals surface area contributed by atoms with Gasteiger partial charge in [0.2, 0.25) is 0 Å². The van der Waals surface area contributed by atoms with Gasteiger partial charge in [0, 0.05) is 5.69 Å². The first kappa shape index (κ1) is 9.78. The zero-order chi connectivity index (χ0) is 10.7. The summed E-state index contributed by atoms with van der Waals surface area (Å²) in [5, 5.41) is 0. The number of hydrogen-bond acceptors (Lipinski definition) is 1. The molecule has 0 saturated heterocycles. The monoisotopic (exact) mass is 197 g/mol. The molecule has 15 heavy (non-hydrogen) atoms. The number of nitrogens with two attached hydrogens (primary N) is 1. The molecular formula is C14H15N. The molecule has 0 aromatic heterocycles. The zero-order valence-electron chi connectivity index (χ0n) is 8.90. The summed E-state index contributed by atoms with van der Waals surface area (Å²) in [5.74, 6) is 0. The first-order valence-corrected chi connectivity index (χ1v) is 5.15. The van der Waals surface area contributed by atoms with Crippen molar-refractivity contribution < 1.29 is 0 Å². The fourth-order valence-electron chi connectivity index (χ4n) is 1.71. The molecule has 0 radical (unpaired) electrons. The second-order valence-corrected chi connectivity index (χ2v) is 3.81. The minimum absolute atomic E-state index is 0.911. The van der Waals surface area contributed by atoms with E-state index in [-0.39, 0.29) is 0 Å². The molecule has 0 fully saturated rings. The van der Waals surface area contributed by atoms with E-state index in [9.17, 15) is 0 Å². The second kappa shape index (κ2) is 4.18. The molecule has 0 aliphatic heterocycles. The van der Waals surface area contributed by atoms with Gasteiger partial charge in [-0.05, 0) is 30.0 Å². The summed E-state index contributed by atoms with van der Waals surface area (Å²) in [6.45, 7) is 2.05. The van der Waals surface area contributed by atoms with Crippen molar-refractivity contribution in [2.45, 2.75) is 13.3 Å². The van der Waals surface area contributed by atoms with Crippen molar-refractivity contribution in [2.75, 3.05) is 5.73 Å². The molecule has 0 saturated carbocycles. The molecule has 0 aliphatic carbocycles. The predicted octanol–water partition coefficient (Wildman–Crippen LogP) is 3.17. The molecule has 2 aromatic carbocycles. The lowest BCUT2D eigenvalue weighted by Crippen LogP contribution is -1.97. The second-order valence-electron chi connectivity index (χ2n) is 3.81. The van der Waals surface area contributed by atoms with Crippen LogP contribution in [0, 0.1) is 6.92 Å². The third kappa shape index (κ3) is 2.18. The van der Waals surface area contributed by atoms with Crippen molar-refractivity contribution in [1.82, 2.24) is 0 Å². The van der Waals surface area contributed by atoms with Gasteiger partial charge < -0.3 is 5.73 Å². The summed E-state index contributed by atoms with van der Waals surface area (Å²) in [7, 11) is 0. The Balaban J connectivity index is 2.29. The number of rotatable bonds is 2. The van der Waals surface area contributed by atoms with Crippen LogP contribution in [0.5, 0.6) is 0 Å². The Hall–Kier alpha value is -1.76. The molecule has 0 aliphatic rings. The summed E-state index contributed by atoms with van der Waals surface area (Å²) >= 11 is 0. The van der Waals surface area contributed by atoms with Gasteiger partial charge in [0.05, 0.1) is 0 Å². The number of aryl methyl sites for hydroxylation is 1. The van der Waals surface area contributed by atoms with Crippen molar-refractivity contribution in [3.63, 3.8) is 0 Å². The van der Waals surface area contributed by atoms with Gasteiger partial charge in [-0.3, -0.25) is 0 Å². The van der Waals surface area contributed by atoms with Gasteiger partial charge in [-0.25, -0.2) is 0 Å². The van der Waals surface area contributed by atoms with Crippen LogP contribution >= 0.6 is 0 Å². The maximum atomic E-state index is 6.03. The van der Waals surface area contributed by atoms with Gasteiger partial charge in [-0.2, -0.15) is 0 Å². The molecular weight excluding hydrogens is 182 g/mol. The van der Waals surface area contributed by atoms with E-state index in [0.29, 0.717) is 0 Å². The van der Waals surface area contributed by atoms with Crippen molar-refractivity contribution in [2.24, 2.45) is 0 Å². The van der Waals surface area contributed by atoms with Gasteiger partial charge in [0.1, 0.15) is 0 Å². The molecule has 1 heteroatoms. The van der Waals surface area contributed by atoms with E-state index in [1.54, 1.807) is 0 Å². The molecule has 0 unspecified atom stereocenters. The smallest absolute Gasteiger partial charge is 0.0379 e. The van der Waals surface area contributed by atoms with Crippen LogP contribution in [0.25, 0.3) is 0 Å². The quantitative estimate of drug-likeness (QED) is 0.735. The summed E-state index contributed by atoms with van der Waals surface area (Å²) in [4.78, 5) is 0. The molecule has 0 heterocycles. The maximum Gasteiger partial charge on any atom is 0.0379 e. The lowest BCUT2D eigenvalue weighted by Gasteiger charge is -2.07. The summed E-state index contributed by atoms with van der Waals surface area (Å²) in [6, 6.07) is 16.6. The Morgan fingerprint density at radius 3 is 2.40 bits per heavy atom. The minimum atomic E-state index is 0.911. The van der Waals surface area contributed by atoms with Crippen molar-refractivity contribution in [1.29, 1.82) is 0 Å². The Morgan fingerprint density at radius 2 is 1.67 bits per heavy atom. The Bertz CT molecular complexity index is 446. The molecule has 1 nitrogen and oxygen atoms in total. The molecule has 2 aromatic rings. The first-order valence-electron chi connectivity index (χ1n) is 5.15. The minimum Gasteiger partial charge on any atom is -0.398 e. The van der Waals surface area contributed by atoms with E-state index in [2.05, 4.69) is 36.4 Å². The normalized spacial score (nSPS) is 10.2. The SMILES string of the molecule is Cc1cccc(Cc2ccccc2)c1N. The third-order valence-electron chi connectivity index (χ3n) is 2.65. The van der Waals surface area contributed by atoms with E-state index in [1.165, 1.54) is 11.1 Å². The van der Waals surface area contributed by atoms with Crippen LogP contribution in [-0.2, 0) is 6.42 Å². The topological polar surface area (TPSA) is 26.0 Å². The number of anilines is 1. The van der Waals surface area contributed by atoms with Gasteiger partial charge in [0.15, 0.2) is 0 Å². The van der Waals surface area contributed by atoms with E-state index in [0.717, 1.165) is 17.7 Å². The summed E-state index contributed by atoms with van der Waals surface area (Å²) in [6.07, 6.45) is 0.911. The van der Waals surface area contributed by atoms with E-state index >= 15 is 0 Å². The van der Waals surface area contributed by atoms with Crippen LogP contribution in [0.2, 0.25) is 0 Å². The summed E-state index contributed by atoms with van der Waals surface area (Å²) < 4.78 is 0. The number of hydrogen-bond donors (Lipinski definition) is 1. The van der Waals surface area contributed by atoms with Gasteiger partial charge in [-0.15, -0.1) is 0 Å². The van der Waals surface area contributed by atoms with Gasteiger partial charge in [0.25, 0.3) is 0 Å². The lowest BCUT2D eigenvalue weighted by atomic mass is 10.0. The highest BCUT2D eigenvalue weighted by molar-refractivity contribution is 5.54. The van der Waals surface area contributed by atoms with Crippen LogP contribution in [0.1, 0.15) is 16.7 Å². The maximum absolute atomic E-state index is 6.03. The first-order chi connectivity index (χ1) is 7.27. The molecule has 76 valence electrons. The Morgan fingerprint density at radius 1 is 0.933 bits per heavy atom. The molecule has 0 amide bonds. The van der Waals surface area contributed by atoms with Crippen LogP contribution < -0.4 is 5.73 Å². The van der Waals surface area contributed by atoms with Crippen LogP contribution in [0.15, 0.2) is 48.5 Å². The fourth-order valence-corrected chi connectivity index (χ4v) is 1.71. The van der Waals surface area contributed by atoms with E-state index in [4.69, 9.17) is 5.73 Å². The lowest BCUT2D eigenvalue weighted by molar-refractivity contribution is 1.19.